The second kappa shape index (κ2) is 13.0. The van der Waals surface area contributed by atoms with Crippen LogP contribution in [0.15, 0.2) is 194 Å². The minimum absolute atomic E-state index is 0.127. The first-order chi connectivity index (χ1) is 29.4. The Morgan fingerprint density at radius 1 is 0.400 bits per heavy atom. The highest BCUT2D eigenvalue weighted by molar-refractivity contribution is 5.98. The van der Waals surface area contributed by atoms with Crippen LogP contribution in [0.3, 0.4) is 0 Å². The van der Waals surface area contributed by atoms with Crippen molar-refractivity contribution in [2.45, 2.75) is 44.4 Å². The van der Waals surface area contributed by atoms with Crippen LogP contribution in [0.4, 0.5) is 17.1 Å². The zero-order chi connectivity index (χ0) is 40.2. The fourth-order valence-corrected chi connectivity index (χ4v) is 11.4. The third kappa shape index (κ3) is 4.87. The van der Waals surface area contributed by atoms with Gasteiger partial charge in [0.2, 0.25) is 0 Å². The number of hydrogen-bond acceptors (Lipinski definition) is 1. The fraction of sp³-hybridized carbons (Fsp3) is 0.119. The Hall–Kier alpha value is -6.96. The van der Waals surface area contributed by atoms with E-state index in [-0.39, 0.29) is 5.41 Å². The summed E-state index contributed by atoms with van der Waals surface area (Å²) < 4.78 is 0. The molecular formula is C59H45N. The largest absolute Gasteiger partial charge is 0.310 e. The van der Waals surface area contributed by atoms with E-state index < -0.39 is 5.41 Å². The lowest BCUT2D eigenvalue weighted by Crippen LogP contribution is -2.30. The van der Waals surface area contributed by atoms with Crippen LogP contribution in [0.2, 0.25) is 0 Å². The standard InChI is InChI=1S/C59H45N/c1-38-35-42(46-22-14-18-39-15-4-7-19-45(39)46)29-34-57(38)60(43-30-32-49-47-20-8-12-25-53(47)58(2,3)55(49)36-43)44-31-33-50-48-21-9-13-26-54(48)59(56(50)37-44)51-23-10-5-16-40(51)27-28-41-17-6-11-24-52(41)59/h4-26,29-37H,27-28H2,1-3H3. The molecule has 1 spiro atoms. The predicted molar refractivity (Wildman–Crippen MR) is 251 cm³/mol. The summed E-state index contributed by atoms with van der Waals surface area (Å²) >= 11 is 0. The Bertz CT molecular complexity index is 3160. The molecule has 0 saturated heterocycles. The van der Waals surface area contributed by atoms with E-state index in [1.165, 1.54) is 106 Å². The number of fused-ring (bicyclic) bond motifs is 13. The molecule has 0 bridgehead atoms. The maximum absolute atomic E-state index is 2.54. The molecule has 12 rings (SSSR count). The lowest BCUT2D eigenvalue weighted by molar-refractivity contribution is 0.660. The Kier molecular flexibility index (Phi) is 7.60. The molecule has 0 amide bonds. The third-order valence-electron chi connectivity index (χ3n) is 14.2. The summed E-state index contributed by atoms with van der Waals surface area (Å²) in [5.41, 5.74) is 23.1. The molecule has 0 fully saturated rings. The first kappa shape index (κ1) is 35.0. The maximum Gasteiger partial charge on any atom is 0.0719 e. The van der Waals surface area contributed by atoms with E-state index in [1.54, 1.807) is 0 Å². The Morgan fingerprint density at radius 3 is 1.62 bits per heavy atom. The molecule has 3 aliphatic carbocycles. The van der Waals surface area contributed by atoms with E-state index in [0.717, 1.165) is 18.5 Å². The first-order valence-electron chi connectivity index (χ1n) is 21.5. The zero-order valence-electron chi connectivity index (χ0n) is 34.3. The van der Waals surface area contributed by atoms with Gasteiger partial charge in [0.15, 0.2) is 0 Å². The molecule has 0 radical (unpaired) electrons. The van der Waals surface area contributed by atoms with Crippen LogP contribution in [-0.2, 0) is 23.7 Å². The minimum Gasteiger partial charge on any atom is -0.310 e. The van der Waals surface area contributed by atoms with Crippen LogP contribution < -0.4 is 4.90 Å². The van der Waals surface area contributed by atoms with Gasteiger partial charge in [-0.15, -0.1) is 0 Å². The van der Waals surface area contributed by atoms with E-state index in [4.69, 9.17) is 0 Å². The molecule has 0 aliphatic heterocycles. The van der Waals surface area contributed by atoms with Gasteiger partial charge in [-0.05, 0) is 150 Å². The SMILES string of the molecule is Cc1cc(-c2cccc3ccccc23)ccc1N(c1ccc2c(c1)C(C)(C)c1ccccc1-2)c1ccc2c(c1)C1(c3ccccc3CCc3ccccc31)c1ccccc1-2. The number of rotatable bonds is 4. The monoisotopic (exact) mass is 767 g/mol. The van der Waals surface area contributed by atoms with Gasteiger partial charge in [-0.3, -0.25) is 0 Å². The number of nitrogens with zero attached hydrogens (tertiary/aromatic N) is 1. The number of benzene rings is 9. The molecule has 0 saturated carbocycles. The second-order valence-electron chi connectivity index (χ2n) is 17.6. The normalized spacial score (nSPS) is 14.7. The Morgan fingerprint density at radius 2 is 0.917 bits per heavy atom. The molecule has 3 aliphatic rings. The summed E-state index contributed by atoms with van der Waals surface area (Å²) in [6.07, 6.45) is 2.04. The van der Waals surface area contributed by atoms with Crippen LogP contribution in [-0.4, -0.2) is 0 Å². The van der Waals surface area contributed by atoms with E-state index in [9.17, 15) is 0 Å². The lowest BCUT2D eigenvalue weighted by Gasteiger charge is -2.36. The smallest absolute Gasteiger partial charge is 0.0719 e. The molecular weight excluding hydrogens is 723 g/mol. The van der Waals surface area contributed by atoms with Gasteiger partial charge in [0, 0.05) is 22.5 Å². The molecule has 1 heteroatoms. The van der Waals surface area contributed by atoms with Gasteiger partial charge in [0.05, 0.1) is 5.41 Å². The third-order valence-corrected chi connectivity index (χ3v) is 14.2. The van der Waals surface area contributed by atoms with Gasteiger partial charge in [-0.1, -0.05) is 172 Å². The van der Waals surface area contributed by atoms with Gasteiger partial charge in [0.25, 0.3) is 0 Å². The van der Waals surface area contributed by atoms with Gasteiger partial charge < -0.3 is 4.90 Å². The van der Waals surface area contributed by atoms with E-state index in [2.05, 4.69) is 220 Å². The summed E-state index contributed by atoms with van der Waals surface area (Å²) in [6.45, 7) is 7.05. The van der Waals surface area contributed by atoms with Crippen LogP contribution >= 0.6 is 0 Å². The Labute approximate surface area is 353 Å². The molecule has 1 nitrogen and oxygen atoms in total. The minimum atomic E-state index is -0.452. The van der Waals surface area contributed by atoms with Gasteiger partial charge >= 0.3 is 0 Å². The average Bonchev–Trinajstić information content (AvgIpc) is 3.64. The zero-order valence-corrected chi connectivity index (χ0v) is 34.3. The number of aryl methyl sites for hydroxylation is 3. The molecule has 0 aromatic heterocycles. The summed E-state index contributed by atoms with van der Waals surface area (Å²) in [6, 6.07) is 73.6. The fourth-order valence-electron chi connectivity index (χ4n) is 11.4. The molecule has 286 valence electrons. The van der Waals surface area contributed by atoms with Crippen molar-refractivity contribution in [2.75, 3.05) is 4.90 Å². The number of hydrogen-bond donors (Lipinski definition) is 0. The van der Waals surface area contributed by atoms with E-state index in [1.807, 2.05) is 0 Å². The molecule has 0 unspecified atom stereocenters. The Balaban J connectivity index is 1.11. The molecule has 0 N–H and O–H groups in total. The molecule has 9 aromatic rings. The van der Waals surface area contributed by atoms with Crippen molar-refractivity contribution in [1.29, 1.82) is 0 Å². The van der Waals surface area contributed by atoms with Crippen molar-refractivity contribution >= 4 is 27.8 Å². The summed E-state index contributed by atoms with van der Waals surface area (Å²) in [5, 5.41) is 2.53. The van der Waals surface area contributed by atoms with Crippen molar-refractivity contribution in [3.8, 4) is 33.4 Å². The van der Waals surface area contributed by atoms with Gasteiger partial charge in [-0.2, -0.15) is 0 Å². The van der Waals surface area contributed by atoms with Crippen molar-refractivity contribution in [3.05, 3.63) is 244 Å². The van der Waals surface area contributed by atoms with Crippen LogP contribution in [0.25, 0.3) is 44.2 Å². The summed E-state index contributed by atoms with van der Waals surface area (Å²) in [5.74, 6) is 0. The summed E-state index contributed by atoms with van der Waals surface area (Å²) in [7, 11) is 0. The molecule has 60 heavy (non-hydrogen) atoms. The van der Waals surface area contributed by atoms with Crippen molar-refractivity contribution in [2.24, 2.45) is 0 Å². The lowest BCUT2D eigenvalue weighted by atomic mass is 9.66. The molecule has 0 heterocycles. The highest BCUT2D eigenvalue weighted by Crippen LogP contribution is 2.60. The van der Waals surface area contributed by atoms with E-state index in [0.29, 0.717) is 0 Å². The number of anilines is 3. The highest BCUT2D eigenvalue weighted by atomic mass is 15.1. The quantitative estimate of drug-likeness (QED) is 0.172. The topological polar surface area (TPSA) is 3.24 Å². The van der Waals surface area contributed by atoms with Crippen LogP contribution in [0, 0.1) is 6.92 Å². The molecule has 0 atom stereocenters. The highest BCUT2D eigenvalue weighted by Gasteiger charge is 2.49. The second-order valence-corrected chi connectivity index (χ2v) is 17.6. The van der Waals surface area contributed by atoms with E-state index >= 15 is 0 Å². The van der Waals surface area contributed by atoms with Gasteiger partial charge in [-0.25, -0.2) is 0 Å². The first-order valence-corrected chi connectivity index (χ1v) is 21.5. The van der Waals surface area contributed by atoms with Crippen molar-refractivity contribution in [3.63, 3.8) is 0 Å². The van der Waals surface area contributed by atoms with Crippen LogP contribution in [0.1, 0.15) is 63.9 Å². The van der Waals surface area contributed by atoms with Crippen molar-refractivity contribution < 1.29 is 0 Å². The van der Waals surface area contributed by atoms with Crippen molar-refractivity contribution in [1.82, 2.24) is 0 Å². The van der Waals surface area contributed by atoms with Crippen LogP contribution in [0.5, 0.6) is 0 Å². The predicted octanol–water partition coefficient (Wildman–Crippen LogP) is 15.1. The maximum atomic E-state index is 2.54. The average molecular weight is 768 g/mol. The summed E-state index contributed by atoms with van der Waals surface area (Å²) in [4.78, 5) is 2.53. The molecule has 9 aromatic carbocycles. The van der Waals surface area contributed by atoms with Gasteiger partial charge in [0.1, 0.15) is 0 Å².